The highest BCUT2D eigenvalue weighted by molar-refractivity contribution is 5.85. The highest BCUT2D eigenvalue weighted by Crippen LogP contribution is 2.44. The predicted octanol–water partition coefficient (Wildman–Crippen LogP) is 2.97. The van der Waals surface area contributed by atoms with Gasteiger partial charge in [0.05, 0.1) is 0 Å². The smallest absolute Gasteiger partial charge is 0.00489 e. The Morgan fingerprint density at radius 1 is 1.00 bits per heavy atom. The van der Waals surface area contributed by atoms with Crippen molar-refractivity contribution >= 4 is 12.4 Å². The van der Waals surface area contributed by atoms with Crippen LogP contribution in [0.2, 0.25) is 0 Å². The summed E-state index contributed by atoms with van der Waals surface area (Å²) in [5, 5.41) is 0. The van der Waals surface area contributed by atoms with Crippen LogP contribution in [0.15, 0.2) is 0 Å². The van der Waals surface area contributed by atoms with Crippen LogP contribution in [0.3, 0.4) is 0 Å². The molecule has 1 rings (SSSR count). The van der Waals surface area contributed by atoms with Gasteiger partial charge in [0.15, 0.2) is 0 Å². The molecular formula is C10H22ClN. The molecule has 0 spiro atoms. The maximum atomic E-state index is 5.99. The van der Waals surface area contributed by atoms with E-state index in [0.29, 0.717) is 16.9 Å². The van der Waals surface area contributed by atoms with E-state index in [0.717, 1.165) is 0 Å². The fraction of sp³-hybridized carbons (Fsp3) is 1.00. The van der Waals surface area contributed by atoms with Gasteiger partial charge in [0.25, 0.3) is 0 Å². The van der Waals surface area contributed by atoms with Gasteiger partial charge < -0.3 is 5.73 Å². The van der Waals surface area contributed by atoms with Crippen molar-refractivity contribution in [2.75, 3.05) is 0 Å². The van der Waals surface area contributed by atoms with Crippen molar-refractivity contribution in [3.05, 3.63) is 0 Å². The van der Waals surface area contributed by atoms with Gasteiger partial charge in [-0.1, -0.05) is 27.7 Å². The second-order valence-corrected chi connectivity index (χ2v) is 5.67. The molecule has 2 N–H and O–H groups in total. The zero-order valence-electron chi connectivity index (χ0n) is 8.68. The molecule has 74 valence electrons. The Labute approximate surface area is 82.5 Å². The molecule has 2 heteroatoms. The lowest BCUT2D eigenvalue weighted by molar-refractivity contribution is 0.0989. The van der Waals surface area contributed by atoms with Crippen LogP contribution in [0.4, 0.5) is 0 Å². The number of nitrogens with two attached hydrogens (primary N) is 1. The summed E-state index contributed by atoms with van der Waals surface area (Å²) in [5.41, 5.74) is 6.90. The van der Waals surface area contributed by atoms with E-state index in [-0.39, 0.29) is 12.4 Å². The van der Waals surface area contributed by atoms with Gasteiger partial charge in [-0.05, 0) is 30.1 Å². The second kappa shape index (κ2) is 3.55. The first kappa shape index (κ1) is 12.2. The Morgan fingerprint density at radius 3 is 1.58 bits per heavy atom. The first-order valence-electron chi connectivity index (χ1n) is 4.56. The number of hydrogen-bond acceptors (Lipinski definition) is 1. The van der Waals surface area contributed by atoms with Crippen LogP contribution in [0, 0.1) is 10.8 Å². The van der Waals surface area contributed by atoms with Crippen molar-refractivity contribution < 1.29 is 0 Å². The Morgan fingerprint density at radius 2 is 1.33 bits per heavy atom. The van der Waals surface area contributed by atoms with Crippen LogP contribution in [0.1, 0.15) is 47.0 Å². The van der Waals surface area contributed by atoms with Crippen LogP contribution < -0.4 is 5.73 Å². The highest BCUT2D eigenvalue weighted by atomic mass is 35.5. The van der Waals surface area contributed by atoms with Crippen LogP contribution in [-0.2, 0) is 0 Å². The quantitative estimate of drug-likeness (QED) is 0.626. The van der Waals surface area contributed by atoms with E-state index >= 15 is 0 Å². The van der Waals surface area contributed by atoms with Gasteiger partial charge in [-0.2, -0.15) is 0 Å². The van der Waals surface area contributed by atoms with Gasteiger partial charge in [0.2, 0.25) is 0 Å². The molecule has 1 nitrogen and oxygen atoms in total. The third-order valence-corrected chi connectivity index (χ3v) is 2.59. The first-order valence-corrected chi connectivity index (χ1v) is 4.56. The van der Waals surface area contributed by atoms with Crippen LogP contribution in [0.5, 0.6) is 0 Å². The summed E-state index contributed by atoms with van der Waals surface area (Å²) in [6.45, 7) is 9.31. The van der Waals surface area contributed by atoms with Crippen molar-refractivity contribution in [2.24, 2.45) is 16.6 Å². The molecule has 0 saturated heterocycles. The topological polar surface area (TPSA) is 26.0 Å². The molecule has 0 amide bonds. The van der Waals surface area contributed by atoms with Gasteiger partial charge in [0, 0.05) is 6.04 Å². The van der Waals surface area contributed by atoms with E-state index in [1.165, 1.54) is 19.3 Å². The predicted molar refractivity (Wildman–Crippen MR) is 56.6 cm³/mol. The lowest BCUT2D eigenvalue weighted by Crippen LogP contribution is -2.40. The Balaban J connectivity index is 0.00000121. The minimum Gasteiger partial charge on any atom is -0.328 e. The zero-order chi connectivity index (χ0) is 8.70. The molecule has 0 atom stereocenters. The van der Waals surface area contributed by atoms with Crippen LogP contribution >= 0.6 is 12.4 Å². The maximum Gasteiger partial charge on any atom is 0.00489 e. The SMILES string of the molecule is CC1(C)CC(N)CC(C)(C)C1.Cl. The summed E-state index contributed by atoms with van der Waals surface area (Å²) in [5.74, 6) is 0. The van der Waals surface area contributed by atoms with Crippen LogP contribution in [-0.4, -0.2) is 6.04 Å². The molecule has 12 heavy (non-hydrogen) atoms. The largest absolute Gasteiger partial charge is 0.328 e. The molecule has 0 aromatic heterocycles. The van der Waals surface area contributed by atoms with E-state index in [9.17, 15) is 0 Å². The lowest BCUT2D eigenvalue weighted by Gasteiger charge is -2.43. The first-order chi connectivity index (χ1) is 4.81. The van der Waals surface area contributed by atoms with Gasteiger partial charge >= 0.3 is 0 Å². The molecule has 1 saturated carbocycles. The average Bonchev–Trinajstić information content (AvgIpc) is 1.49. The fourth-order valence-electron chi connectivity index (χ4n) is 2.93. The molecule has 0 aliphatic heterocycles. The molecule has 0 heterocycles. The van der Waals surface area contributed by atoms with Crippen molar-refractivity contribution in [1.29, 1.82) is 0 Å². The molecule has 1 fully saturated rings. The van der Waals surface area contributed by atoms with Crippen LogP contribution in [0.25, 0.3) is 0 Å². The monoisotopic (exact) mass is 191 g/mol. The summed E-state index contributed by atoms with van der Waals surface area (Å²) >= 11 is 0. The molecule has 0 aromatic rings. The van der Waals surface area contributed by atoms with Crippen molar-refractivity contribution in [1.82, 2.24) is 0 Å². The highest BCUT2D eigenvalue weighted by Gasteiger charge is 2.36. The lowest BCUT2D eigenvalue weighted by atomic mass is 9.64. The minimum absolute atomic E-state index is 0. The van der Waals surface area contributed by atoms with E-state index in [4.69, 9.17) is 5.73 Å². The number of halogens is 1. The number of hydrogen-bond donors (Lipinski definition) is 1. The second-order valence-electron chi connectivity index (χ2n) is 5.67. The third-order valence-electron chi connectivity index (χ3n) is 2.59. The maximum absolute atomic E-state index is 5.99. The van der Waals surface area contributed by atoms with Gasteiger partial charge in [0.1, 0.15) is 0 Å². The van der Waals surface area contributed by atoms with E-state index in [1.807, 2.05) is 0 Å². The third kappa shape index (κ3) is 3.32. The van der Waals surface area contributed by atoms with E-state index in [1.54, 1.807) is 0 Å². The summed E-state index contributed by atoms with van der Waals surface area (Å²) < 4.78 is 0. The Kier molecular flexibility index (Phi) is 3.62. The Bertz CT molecular complexity index is 136. The molecule has 0 bridgehead atoms. The standard InChI is InChI=1S/C10H21N.ClH/c1-9(2)5-8(11)6-10(3,4)7-9;/h8H,5-7,11H2,1-4H3;1H. The van der Waals surface area contributed by atoms with Crippen molar-refractivity contribution in [3.8, 4) is 0 Å². The van der Waals surface area contributed by atoms with E-state index in [2.05, 4.69) is 27.7 Å². The minimum atomic E-state index is 0. The van der Waals surface area contributed by atoms with Gasteiger partial charge in [-0.25, -0.2) is 0 Å². The molecule has 1 aliphatic carbocycles. The summed E-state index contributed by atoms with van der Waals surface area (Å²) in [6.07, 6.45) is 3.70. The van der Waals surface area contributed by atoms with Gasteiger partial charge in [-0.15, -0.1) is 12.4 Å². The summed E-state index contributed by atoms with van der Waals surface area (Å²) in [4.78, 5) is 0. The van der Waals surface area contributed by atoms with E-state index < -0.39 is 0 Å². The fourth-order valence-corrected chi connectivity index (χ4v) is 2.93. The zero-order valence-corrected chi connectivity index (χ0v) is 9.50. The van der Waals surface area contributed by atoms with Crippen molar-refractivity contribution in [2.45, 2.75) is 53.0 Å². The average molecular weight is 192 g/mol. The Hall–Kier alpha value is 0.250. The molecule has 0 aromatic carbocycles. The molecular weight excluding hydrogens is 170 g/mol. The number of rotatable bonds is 0. The van der Waals surface area contributed by atoms with Gasteiger partial charge in [-0.3, -0.25) is 0 Å². The molecule has 0 radical (unpaired) electrons. The molecule has 1 aliphatic rings. The summed E-state index contributed by atoms with van der Waals surface area (Å²) in [7, 11) is 0. The molecule has 0 unspecified atom stereocenters. The normalized spacial score (nSPS) is 27.8. The van der Waals surface area contributed by atoms with Crippen molar-refractivity contribution in [3.63, 3.8) is 0 Å². The summed E-state index contributed by atoms with van der Waals surface area (Å²) in [6, 6.07) is 0.425.